The largest absolute Gasteiger partial charge is 0.348 e. The fourth-order valence-corrected chi connectivity index (χ4v) is 5.63. The summed E-state index contributed by atoms with van der Waals surface area (Å²) in [6, 6.07) is 13.7. The molecule has 3 aromatic rings. The molecule has 0 unspecified atom stereocenters. The molecule has 0 bridgehead atoms. The Morgan fingerprint density at radius 1 is 1.03 bits per heavy atom. The van der Waals surface area contributed by atoms with E-state index in [1.165, 1.54) is 0 Å². The lowest BCUT2D eigenvalue weighted by molar-refractivity contribution is 0.0930. The van der Waals surface area contributed by atoms with Gasteiger partial charge in [-0.1, -0.05) is 43.7 Å². The molecule has 1 saturated heterocycles. The van der Waals surface area contributed by atoms with Crippen molar-refractivity contribution < 1.29 is 13.2 Å². The molecule has 0 saturated carbocycles. The van der Waals surface area contributed by atoms with Crippen molar-refractivity contribution in [3.63, 3.8) is 0 Å². The van der Waals surface area contributed by atoms with Gasteiger partial charge < -0.3 is 5.32 Å². The Hall–Kier alpha value is -3.11. The van der Waals surface area contributed by atoms with E-state index in [2.05, 4.69) is 39.6 Å². The highest BCUT2D eigenvalue weighted by atomic mass is 32.2. The second kappa shape index (κ2) is 10.9. The molecular weight excluding hydrogens is 476 g/mol. The van der Waals surface area contributed by atoms with Crippen LogP contribution in [-0.2, 0) is 16.3 Å². The van der Waals surface area contributed by atoms with Crippen LogP contribution in [0.2, 0.25) is 0 Å². The van der Waals surface area contributed by atoms with Gasteiger partial charge in [0.25, 0.3) is 5.91 Å². The van der Waals surface area contributed by atoms with Crippen molar-refractivity contribution in [2.45, 2.75) is 40.2 Å². The van der Waals surface area contributed by atoms with Crippen molar-refractivity contribution in [3.8, 4) is 16.8 Å². The van der Waals surface area contributed by atoms with Crippen molar-refractivity contribution in [1.82, 2.24) is 30.4 Å². The SMILES string of the molecule is Cc1ccc(-c2cc(C(=O)N[C@H](C)CN3CCS(=O)(=O)CC3)cc(-n3nnnc3CC(C)C)c2)cc1. The number of hydrogen-bond donors (Lipinski definition) is 1. The van der Waals surface area contributed by atoms with Crippen LogP contribution in [0.15, 0.2) is 42.5 Å². The number of tetrazole rings is 1. The van der Waals surface area contributed by atoms with E-state index < -0.39 is 9.84 Å². The number of nitrogens with zero attached hydrogens (tertiary/aromatic N) is 5. The fourth-order valence-electron chi connectivity index (χ4n) is 4.35. The van der Waals surface area contributed by atoms with E-state index in [0.29, 0.717) is 37.5 Å². The zero-order valence-electron chi connectivity index (χ0n) is 21.3. The molecule has 1 N–H and O–H groups in total. The van der Waals surface area contributed by atoms with Gasteiger partial charge in [-0.05, 0) is 59.5 Å². The number of hydrogen-bond acceptors (Lipinski definition) is 7. The van der Waals surface area contributed by atoms with Crippen LogP contribution in [0, 0.1) is 12.8 Å². The lowest BCUT2D eigenvalue weighted by Crippen LogP contribution is -2.47. The van der Waals surface area contributed by atoms with Crippen molar-refractivity contribution in [2.75, 3.05) is 31.1 Å². The Morgan fingerprint density at radius 2 is 1.72 bits per heavy atom. The zero-order valence-corrected chi connectivity index (χ0v) is 22.1. The molecule has 2 heterocycles. The van der Waals surface area contributed by atoms with Gasteiger partial charge in [-0.15, -0.1) is 5.10 Å². The molecule has 1 aliphatic rings. The van der Waals surface area contributed by atoms with E-state index >= 15 is 0 Å². The molecule has 2 aromatic carbocycles. The highest BCUT2D eigenvalue weighted by Gasteiger charge is 2.23. The molecule has 1 aromatic heterocycles. The van der Waals surface area contributed by atoms with E-state index in [4.69, 9.17) is 0 Å². The minimum atomic E-state index is -2.94. The number of aromatic nitrogens is 4. The number of carbonyl (C=O) groups is 1. The van der Waals surface area contributed by atoms with E-state index in [1.54, 1.807) is 4.68 Å². The predicted octanol–water partition coefficient (Wildman–Crippen LogP) is 2.68. The first-order valence-electron chi connectivity index (χ1n) is 12.3. The molecule has 0 aliphatic carbocycles. The van der Waals surface area contributed by atoms with Gasteiger partial charge in [-0.25, -0.2) is 8.42 Å². The number of amides is 1. The number of nitrogens with one attached hydrogen (secondary N) is 1. The van der Waals surface area contributed by atoms with Gasteiger partial charge in [-0.3, -0.25) is 9.69 Å². The summed E-state index contributed by atoms with van der Waals surface area (Å²) in [5, 5.41) is 15.4. The summed E-state index contributed by atoms with van der Waals surface area (Å²) in [5.41, 5.74) is 4.30. The molecule has 1 amide bonds. The van der Waals surface area contributed by atoms with E-state index in [0.717, 1.165) is 28.2 Å². The molecule has 1 atom stereocenters. The van der Waals surface area contributed by atoms with Crippen molar-refractivity contribution in [2.24, 2.45) is 5.92 Å². The average molecular weight is 511 g/mol. The van der Waals surface area contributed by atoms with E-state index in [9.17, 15) is 13.2 Å². The molecule has 4 rings (SSSR count). The summed E-state index contributed by atoms with van der Waals surface area (Å²) >= 11 is 0. The third-order valence-electron chi connectivity index (χ3n) is 6.28. The second-order valence-corrected chi connectivity index (χ2v) is 12.4. The third kappa shape index (κ3) is 6.55. The Balaban J connectivity index is 1.60. The molecule has 10 heteroatoms. The maximum Gasteiger partial charge on any atom is 0.251 e. The summed E-state index contributed by atoms with van der Waals surface area (Å²) < 4.78 is 25.1. The minimum absolute atomic E-state index is 0.144. The Labute approximate surface area is 212 Å². The molecule has 0 radical (unpaired) electrons. The van der Waals surface area contributed by atoms with Crippen LogP contribution in [0.1, 0.15) is 42.5 Å². The average Bonchev–Trinajstić information content (AvgIpc) is 3.28. The van der Waals surface area contributed by atoms with Crippen LogP contribution in [-0.4, -0.2) is 76.6 Å². The Morgan fingerprint density at radius 3 is 2.39 bits per heavy atom. The van der Waals surface area contributed by atoms with Gasteiger partial charge >= 0.3 is 0 Å². The number of aryl methyl sites for hydroxylation is 1. The fraction of sp³-hybridized carbons (Fsp3) is 0.462. The molecule has 9 nitrogen and oxygen atoms in total. The van der Waals surface area contributed by atoms with Gasteiger partial charge in [0.1, 0.15) is 0 Å². The normalized spacial score (nSPS) is 16.7. The lowest BCUT2D eigenvalue weighted by Gasteiger charge is -2.29. The van der Waals surface area contributed by atoms with Crippen LogP contribution in [0.25, 0.3) is 16.8 Å². The van der Waals surface area contributed by atoms with E-state index in [-0.39, 0.29) is 23.5 Å². The third-order valence-corrected chi connectivity index (χ3v) is 7.89. The lowest BCUT2D eigenvalue weighted by atomic mass is 10.00. The number of sulfone groups is 1. The first-order chi connectivity index (χ1) is 17.1. The van der Waals surface area contributed by atoms with Gasteiger partial charge in [0, 0.05) is 37.7 Å². The standard InChI is InChI=1S/C26H34N6O3S/c1-18(2)13-25-28-29-30-32(25)24-15-22(21-7-5-19(3)6-8-21)14-23(16-24)26(33)27-20(4)17-31-9-11-36(34,35)12-10-31/h5-8,14-16,18,20H,9-13,17H2,1-4H3,(H,27,33)/t20-/m1/s1. The smallest absolute Gasteiger partial charge is 0.251 e. The summed E-state index contributed by atoms with van der Waals surface area (Å²) in [6.07, 6.45) is 0.714. The molecule has 0 spiro atoms. The summed E-state index contributed by atoms with van der Waals surface area (Å²) in [5.74, 6) is 1.26. The Kier molecular flexibility index (Phi) is 7.85. The van der Waals surface area contributed by atoms with Crippen LogP contribution < -0.4 is 5.32 Å². The van der Waals surface area contributed by atoms with Gasteiger partial charge in [-0.2, -0.15) is 4.68 Å². The molecule has 1 aliphatic heterocycles. The predicted molar refractivity (Wildman–Crippen MR) is 140 cm³/mol. The molecular formula is C26H34N6O3S. The maximum atomic E-state index is 13.3. The van der Waals surface area contributed by atoms with Crippen LogP contribution in [0.4, 0.5) is 0 Å². The summed E-state index contributed by atoms with van der Waals surface area (Å²) in [6.45, 7) is 9.78. The quantitative estimate of drug-likeness (QED) is 0.496. The number of rotatable bonds is 8. The Bertz CT molecular complexity index is 1300. The molecule has 192 valence electrons. The van der Waals surface area contributed by atoms with Crippen LogP contribution in [0.5, 0.6) is 0 Å². The number of carbonyl (C=O) groups excluding carboxylic acids is 1. The highest BCUT2D eigenvalue weighted by Crippen LogP contribution is 2.25. The first-order valence-corrected chi connectivity index (χ1v) is 14.1. The molecule has 1 fully saturated rings. The summed E-state index contributed by atoms with van der Waals surface area (Å²) in [4.78, 5) is 15.4. The first kappa shape index (κ1) is 26.0. The van der Waals surface area contributed by atoms with Crippen molar-refractivity contribution in [3.05, 3.63) is 59.4 Å². The highest BCUT2D eigenvalue weighted by molar-refractivity contribution is 7.91. The van der Waals surface area contributed by atoms with Crippen LogP contribution >= 0.6 is 0 Å². The maximum absolute atomic E-state index is 13.3. The minimum Gasteiger partial charge on any atom is -0.348 e. The topological polar surface area (TPSA) is 110 Å². The zero-order chi connectivity index (χ0) is 25.9. The van der Waals surface area contributed by atoms with E-state index in [1.807, 2.05) is 56.3 Å². The number of benzene rings is 2. The van der Waals surface area contributed by atoms with Gasteiger partial charge in [0.05, 0.1) is 17.2 Å². The second-order valence-electron chi connectivity index (χ2n) is 10.1. The van der Waals surface area contributed by atoms with Crippen molar-refractivity contribution in [1.29, 1.82) is 0 Å². The van der Waals surface area contributed by atoms with Crippen LogP contribution in [0.3, 0.4) is 0 Å². The van der Waals surface area contributed by atoms with Crippen molar-refractivity contribution >= 4 is 15.7 Å². The van der Waals surface area contributed by atoms with Gasteiger partial charge in [0.15, 0.2) is 15.7 Å². The monoisotopic (exact) mass is 510 g/mol. The molecule has 36 heavy (non-hydrogen) atoms. The summed E-state index contributed by atoms with van der Waals surface area (Å²) in [7, 11) is -2.94. The van der Waals surface area contributed by atoms with Gasteiger partial charge in [0.2, 0.25) is 0 Å².